The molecule has 1 fully saturated rings. The van der Waals surface area contributed by atoms with E-state index in [1.54, 1.807) is 6.07 Å². The zero-order valence-corrected chi connectivity index (χ0v) is 12.2. The molecule has 0 aliphatic heterocycles. The van der Waals surface area contributed by atoms with Gasteiger partial charge in [0.05, 0.1) is 10.6 Å². The predicted molar refractivity (Wildman–Crippen MR) is 76.1 cm³/mol. The van der Waals surface area contributed by atoms with E-state index >= 15 is 0 Å². The van der Waals surface area contributed by atoms with Crippen molar-refractivity contribution in [1.29, 1.82) is 0 Å². The van der Waals surface area contributed by atoms with Crippen molar-refractivity contribution in [2.45, 2.75) is 51.2 Å². The van der Waals surface area contributed by atoms with Gasteiger partial charge in [-0.2, -0.15) is 13.2 Å². The summed E-state index contributed by atoms with van der Waals surface area (Å²) in [7, 11) is 0. The van der Waals surface area contributed by atoms with Gasteiger partial charge in [0.15, 0.2) is 0 Å². The highest BCUT2D eigenvalue weighted by atomic mass is 35.5. The third-order valence-electron chi connectivity index (χ3n) is 4.06. The first-order valence-electron chi connectivity index (χ1n) is 7.05. The average molecular weight is 306 g/mol. The van der Waals surface area contributed by atoms with Crippen LogP contribution in [0.25, 0.3) is 0 Å². The Hall–Kier alpha value is -0.900. The molecule has 0 saturated heterocycles. The Balaban J connectivity index is 2.17. The second-order valence-corrected chi connectivity index (χ2v) is 5.80. The van der Waals surface area contributed by atoms with Crippen molar-refractivity contribution in [2.24, 2.45) is 5.92 Å². The van der Waals surface area contributed by atoms with Crippen LogP contribution < -0.4 is 5.32 Å². The molecule has 0 radical (unpaired) electrons. The van der Waals surface area contributed by atoms with Gasteiger partial charge in [0.1, 0.15) is 0 Å². The lowest BCUT2D eigenvalue weighted by Crippen LogP contribution is -2.31. The zero-order chi connectivity index (χ0) is 14.8. The number of nitrogens with one attached hydrogen (secondary N) is 1. The molecular formula is C15H19ClF3N. The number of anilines is 1. The van der Waals surface area contributed by atoms with Gasteiger partial charge >= 0.3 is 6.18 Å². The molecule has 2 rings (SSSR count). The van der Waals surface area contributed by atoms with Gasteiger partial charge in [0.2, 0.25) is 0 Å². The summed E-state index contributed by atoms with van der Waals surface area (Å²) >= 11 is 5.63. The summed E-state index contributed by atoms with van der Waals surface area (Å²) in [5.41, 5.74) is -0.264. The third kappa shape index (κ3) is 3.60. The maximum Gasteiger partial charge on any atom is 0.417 e. The molecule has 0 aromatic heterocycles. The van der Waals surface area contributed by atoms with Gasteiger partial charge in [-0.05, 0) is 37.0 Å². The van der Waals surface area contributed by atoms with E-state index in [1.807, 2.05) is 0 Å². The summed E-state index contributed by atoms with van der Waals surface area (Å²) in [4.78, 5) is 0. The Bertz CT molecular complexity index is 459. The van der Waals surface area contributed by atoms with Crippen LogP contribution in [0.15, 0.2) is 18.2 Å². The van der Waals surface area contributed by atoms with Gasteiger partial charge < -0.3 is 5.32 Å². The molecule has 1 aromatic rings. The molecule has 0 heterocycles. The van der Waals surface area contributed by atoms with Crippen molar-refractivity contribution in [1.82, 2.24) is 0 Å². The Morgan fingerprint density at radius 2 is 1.95 bits per heavy atom. The van der Waals surface area contributed by atoms with E-state index in [4.69, 9.17) is 11.6 Å². The molecule has 0 spiro atoms. The Morgan fingerprint density at radius 1 is 1.25 bits per heavy atom. The van der Waals surface area contributed by atoms with Gasteiger partial charge in [0, 0.05) is 11.7 Å². The van der Waals surface area contributed by atoms with Crippen molar-refractivity contribution in [2.75, 3.05) is 5.32 Å². The summed E-state index contributed by atoms with van der Waals surface area (Å²) in [5.74, 6) is 0.536. The van der Waals surface area contributed by atoms with Crippen molar-refractivity contribution in [3.05, 3.63) is 28.8 Å². The SMILES string of the molecule is CCC1CCCCC1Nc1ccc(Cl)c(C(F)(F)F)c1. The highest BCUT2D eigenvalue weighted by Crippen LogP contribution is 2.37. The minimum absolute atomic E-state index is 0.251. The van der Waals surface area contributed by atoms with E-state index in [1.165, 1.54) is 12.5 Å². The summed E-state index contributed by atoms with van der Waals surface area (Å²) in [6.45, 7) is 2.13. The number of alkyl halides is 3. The molecule has 1 saturated carbocycles. The molecule has 2 unspecified atom stereocenters. The molecule has 1 aliphatic rings. The lowest BCUT2D eigenvalue weighted by Gasteiger charge is -2.32. The van der Waals surface area contributed by atoms with E-state index in [9.17, 15) is 13.2 Å². The molecular weight excluding hydrogens is 287 g/mol. The van der Waals surface area contributed by atoms with Crippen molar-refractivity contribution in [3.63, 3.8) is 0 Å². The van der Waals surface area contributed by atoms with Gasteiger partial charge in [-0.25, -0.2) is 0 Å². The van der Waals surface area contributed by atoms with E-state index in [0.717, 1.165) is 31.7 Å². The summed E-state index contributed by atoms with van der Waals surface area (Å²) in [6, 6.07) is 4.31. The smallest absolute Gasteiger partial charge is 0.382 e. The maximum absolute atomic E-state index is 12.8. The summed E-state index contributed by atoms with van der Waals surface area (Å²) in [6.07, 6.45) is 1.15. The van der Waals surface area contributed by atoms with Crippen LogP contribution in [0, 0.1) is 5.92 Å². The molecule has 20 heavy (non-hydrogen) atoms. The molecule has 2 atom stereocenters. The second kappa shape index (κ2) is 6.25. The Labute approximate surface area is 122 Å². The average Bonchev–Trinajstić information content (AvgIpc) is 2.40. The number of halogens is 4. The highest BCUT2D eigenvalue weighted by Gasteiger charge is 2.33. The number of rotatable bonds is 3. The molecule has 0 bridgehead atoms. The van der Waals surface area contributed by atoms with Gasteiger partial charge in [-0.3, -0.25) is 0 Å². The molecule has 1 nitrogen and oxygen atoms in total. The molecule has 1 aliphatic carbocycles. The lowest BCUT2D eigenvalue weighted by atomic mass is 9.83. The van der Waals surface area contributed by atoms with Gasteiger partial charge in [-0.1, -0.05) is 37.8 Å². The summed E-state index contributed by atoms with van der Waals surface area (Å²) in [5, 5.41) is 3.01. The molecule has 112 valence electrons. The van der Waals surface area contributed by atoms with Gasteiger partial charge in [0.25, 0.3) is 0 Å². The second-order valence-electron chi connectivity index (χ2n) is 5.40. The van der Waals surface area contributed by atoms with Crippen LogP contribution >= 0.6 is 11.6 Å². The van der Waals surface area contributed by atoms with Crippen LogP contribution in [0.2, 0.25) is 5.02 Å². The summed E-state index contributed by atoms with van der Waals surface area (Å²) < 4.78 is 38.5. The molecule has 5 heteroatoms. The maximum atomic E-state index is 12.8. The lowest BCUT2D eigenvalue weighted by molar-refractivity contribution is -0.137. The van der Waals surface area contributed by atoms with E-state index < -0.39 is 11.7 Å². The number of hydrogen-bond donors (Lipinski definition) is 1. The van der Waals surface area contributed by atoms with Crippen LogP contribution in [-0.2, 0) is 6.18 Å². The van der Waals surface area contributed by atoms with Crippen LogP contribution in [0.4, 0.5) is 18.9 Å². The molecule has 1 N–H and O–H groups in total. The van der Waals surface area contributed by atoms with Crippen LogP contribution in [0.5, 0.6) is 0 Å². The first-order valence-corrected chi connectivity index (χ1v) is 7.43. The molecule has 0 amide bonds. The number of benzene rings is 1. The fourth-order valence-electron chi connectivity index (χ4n) is 2.93. The Morgan fingerprint density at radius 3 is 2.60 bits per heavy atom. The van der Waals surface area contributed by atoms with E-state index in [-0.39, 0.29) is 11.1 Å². The predicted octanol–water partition coefficient (Wildman–Crippen LogP) is 5.74. The zero-order valence-electron chi connectivity index (χ0n) is 11.4. The minimum atomic E-state index is -4.41. The van der Waals surface area contributed by atoms with Crippen molar-refractivity contribution < 1.29 is 13.2 Å². The number of hydrogen-bond acceptors (Lipinski definition) is 1. The van der Waals surface area contributed by atoms with E-state index in [2.05, 4.69) is 12.2 Å². The van der Waals surface area contributed by atoms with Crippen LogP contribution in [-0.4, -0.2) is 6.04 Å². The quantitative estimate of drug-likeness (QED) is 0.751. The highest BCUT2D eigenvalue weighted by molar-refractivity contribution is 6.31. The van der Waals surface area contributed by atoms with Crippen LogP contribution in [0.3, 0.4) is 0 Å². The van der Waals surface area contributed by atoms with Crippen LogP contribution in [0.1, 0.15) is 44.6 Å². The monoisotopic (exact) mass is 305 g/mol. The third-order valence-corrected chi connectivity index (χ3v) is 4.39. The molecule has 1 aromatic carbocycles. The van der Waals surface area contributed by atoms with E-state index in [0.29, 0.717) is 11.6 Å². The Kier molecular flexibility index (Phi) is 4.84. The van der Waals surface area contributed by atoms with Crippen molar-refractivity contribution in [3.8, 4) is 0 Å². The van der Waals surface area contributed by atoms with Crippen molar-refractivity contribution >= 4 is 17.3 Å². The standard InChI is InChI=1S/C15H19ClF3N/c1-2-10-5-3-4-6-14(10)20-11-7-8-13(16)12(9-11)15(17,18)19/h7-10,14,20H,2-6H2,1H3. The minimum Gasteiger partial charge on any atom is -0.382 e. The van der Waals surface area contributed by atoms with Gasteiger partial charge in [-0.15, -0.1) is 0 Å². The first-order chi connectivity index (χ1) is 9.41. The fourth-order valence-corrected chi connectivity index (χ4v) is 3.16. The largest absolute Gasteiger partial charge is 0.417 e. The fraction of sp³-hybridized carbons (Fsp3) is 0.600. The first kappa shape index (κ1) is 15.5. The normalized spacial score (nSPS) is 23.6. The topological polar surface area (TPSA) is 12.0 Å².